The van der Waals surface area contributed by atoms with Gasteiger partial charge in [-0.1, -0.05) is 0 Å². The highest BCUT2D eigenvalue weighted by Crippen LogP contribution is 2.26. The highest BCUT2D eigenvalue weighted by molar-refractivity contribution is 5.87. The SMILES string of the molecule is Cn1cc(Nc2cc3[nH]c(-c4ccnc(C#N)c4)cc3cn2)cn1. The Kier molecular flexibility index (Phi) is 3.21. The van der Waals surface area contributed by atoms with E-state index in [1.807, 2.05) is 31.4 Å². The molecule has 0 radical (unpaired) electrons. The molecule has 0 saturated heterocycles. The van der Waals surface area contributed by atoms with Crippen molar-refractivity contribution in [1.29, 1.82) is 5.26 Å². The van der Waals surface area contributed by atoms with E-state index < -0.39 is 0 Å². The van der Waals surface area contributed by atoms with Crippen LogP contribution in [0.5, 0.6) is 0 Å². The van der Waals surface area contributed by atoms with Crippen LogP contribution in [0.1, 0.15) is 5.69 Å². The Morgan fingerprint density at radius 2 is 2.12 bits per heavy atom. The zero-order chi connectivity index (χ0) is 16.5. The third kappa shape index (κ3) is 2.57. The lowest BCUT2D eigenvalue weighted by Crippen LogP contribution is -1.91. The number of anilines is 2. The van der Waals surface area contributed by atoms with Gasteiger partial charge >= 0.3 is 0 Å². The molecule has 0 bridgehead atoms. The fourth-order valence-corrected chi connectivity index (χ4v) is 2.54. The van der Waals surface area contributed by atoms with Crippen LogP contribution < -0.4 is 5.32 Å². The van der Waals surface area contributed by atoms with Gasteiger partial charge in [-0.25, -0.2) is 9.97 Å². The number of nitriles is 1. The summed E-state index contributed by atoms with van der Waals surface area (Å²) >= 11 is 0. The van der Waals surface area contributed by atoms with Gasteiger partial charge in [-0.3, -0.25) is 4.68 Å². The van der Waals surface area contributed by atoms with Crippen molar-refractivity contribution in [1.82, 2.24) is 24.7 Å². The number of hydrogen-bond acceptors (Lipinski definition) is 5. The molecule has 7 nitrogen and oxygen atoms in total. The number of aryl methyl sites for hydroxylation is 1. The van der Waals surface area contributed by atoms with Crippen molar-refractivity contribution in [3.8, 4) is 17.3 Å². The van der Waals surface area contributed by atoms with Crippen molar-refractivity contribution in [3.63, 3.8) is 0 Å². The third-order valence-electron chi connectivity index (χ3n) is 3.67. The van der Waals surface area contributed by atoms with E-state index in [4.69, 9.17) is 5.26 Å². The number of H-pyrrole nitrogens is 1. The summed E-state index contributed by atoms with van der Waals surface area (Å²) in [4.78, 5) is 11.8. The number of aromatic amines is 1. The van der Waals surface area contributed by atoms with Gasteiger partial charge in [0, 0.05) is 48.3 Å². The van der Waals surface area contributed by atoms with Crippen LogP contribution in [0.25, 0.3) is 22.2 Å². The van der Waals surface area contributed by atoms with E-state index in [9.17, 15) is 0 Å². The molecule has 0 aliphatic carbocycles. The summed E-state index contributed by atoms with van der Waals surface area (Å²) in [6, 6.07) is 9.63. The standard InChI is InChI=1S/C17H13N7/c1-24-10-14(9-21-24)22-17-6-16-12(8-20-17)5-15(23-16)11-2-3-19-13(4-11)7-18/h2-6,8-10,23H,1H3,(H,20,22). The van der Waals surface area contributed by atoms with Crippen molar-refractivity contribution in [2.45, 2.75) is 0 Å². The molecule has 0 spiro atoms. The van der Waals surface area contributed by atoms with Crippen LogP contribution in [0.4, 0.5) is 11.5 Å². The highest BCUT2D eigenvalue weighted by atomic mass is 15.3. The van der Waals surface area contributed by atoms with Crippen molar-refractivity contribution < 1.29 is 0 Å². The predicted molar refractivity (Wildman–Crippen MR) is 90.5 cm³/mol. The van der Waals surface area contributed by atoms with E-state index in [1.54, 1.807) is 29.3 Å². The van der Waals surface area contributed by atoms with Crippen LogP contribution in [-0.2, 0) is 7.05 Å². The minimum Gasteiger partial charge on any atom is -0.354 e. The van der Waals surface area contributed by atoms with E-state index in [-0.39, 0.29) is 0 Å². The fourth-order valence-electron chi connectivity index (χ4n) is 2.54. The topological polar surface area (TPSA) is 95.2 Å². The zero-order valence-electron chi connectivity index (χ0n) is 12.9. The van der Waals surface area contributed by atoms with Crippen LogP contribution in [0.3, 0.4) is 0 Å². The molecule has 24 heavy (non-hydrogen) atoms. The van der Waals surface area contributed by atoms with Crippen LogP contribution in [0, 0.1) is 11.3 Å². The normalized spacial score (nSPS) is 10.7. The summed E-state index contributed by atoms with van der Waals surface area (Å²) in [5, 5.41) is 17.3. The maximum Gasteiger partial charge on any atom is 0.141 e. The summed E-state index contributed by atoms with van der Waals surface area (Å²) in [6.07, 6.45) is 7.06. The molecule has 0 saturated carbocycles. The lowest BCUT2D eigenvalue weighted by Gasteiger charge is -2.01. The van der Waals surface area contributed by atoms with Gasteiger partial charge in [-0.05, 0) is 18.2 Å². The summed E-state index contributed by atoms with van der Waals surface area (Å²) in [6.45, 7) is 0. The largest absolute Gasteiger partial charge is 0.354 e. The first kappa shape index (κ1) is 14.0. The lowest BCUT2D eigenvalue weighted by atomic mass is 10.1. The number of nitrogens with one attached hydrogen (secondary N) is 2. The Hall–Kier alpha value is -3.66. The molecule has 4 aromatic rings. The molecule has 0 unspecified atom stereocenters. The van der Waals surface area contributed by atoms with E-state index in [0.717, 1.165) is 33.7 Å². The Morgan fingerprint density at radius 3 is 2.92 bits per heavy atom. The Balaban J connectivity index is 1.69. The van der Waals surface area contributed by atoms with Gasteiger partial charge in [0.1, 0.15) is 17.6 Å². The smallest absolute Gasteiger partial charge is 0.141 e. The molecule has 7 heteroatoms. The van der Waals surface area contributed by atoms with Crippen molar-refractivity contribution in [2.24, 2.45) is 7.05 Å². The second-order valence-corrected chi connectivity index (χ2v) is 5.41. The number of hydrogen-bond donors (Lipinski definition) is 2. The second kappa shape index (κ2) is 5.52. The summed E-state index contributed by atoms with van der Waals surface area (Å²) in [5.41, 5.74) is 4.07. The van der Waals surface area contributed by atoms with E-state index in [2.05, 4.69) is 31.4 Å². The fraction of sp³-hybridized carbons (Fsp3) is 0.0588. The van der Waals surface area contributed by atoms with Gasteiger partial charge in [0.2, 0.25) is 0 Å². The molecule has 2 N–H and O–H groups in total. The number of nitrogens with zero attached hydrogens (tertiary/aromatic N) is 5. The predicted octanol–water partition coefficient (Wildman–Crippen LogP) is 2.97. The molecule has 4 aromatic heterocycles. The molecule has 0 aromatic carbocycles. The molecule has 0 fully saturated rings. The molecule has 0 aliphatic rings. The molecule has 4 heterocycles. The number of fused-ring (bicyclic) bond motifs is 1. The zero-order valence-corrected chi connectivity index (χ0v) is 12.9. The molecule has 0 atom stereocenters. The van der Waals surface area contributed by atoms with E-state index in [1.165, 1.54) is 0 Å². The first-order chi connectivity index (χ1) is 11.7. The van der Waals surface area contributed by atoms with Crippen LogP contribution in [0.15, 0.2) is 49.1 Å². The van der Waals surface area contributed by atoms with Gasteiger partial charge < -0.3 is 10.3 Å². The van der Waals surface area contributed by atoms with Crippen molar-refractivity contribution >= 4 is 22.4 Å². The highest BCUT2D eigenvalue weighted by Gasteiger charge is 2.07. The second-order valence-electron chi connectivity index (χ2n) is 5.41. The van der Waals surface area contributed by atoms with Gasteiger partial charge in [-0.2, -0.15) is 10.4 Å². The summed E-state index contributed by atoms with van der Waals surface area (Å²) in [5.74, 6) is 0.733. The average molecular weight is 315 g/mol. The Labute approximate surface area is 137 Å². The lowest BCUT2D eigenvalue weighted by molar-refractivity contribution is 0.768. The monoisotopic (exact) mass is 315 g/mol. The van der Waals surface area contributed by atoms with Gasteiger partial charge in [0.25, 0.3) is 0 Å². The summed E-state index contributed by atoms with van der Waals surface area (Å²) < 4.78 is 1.73. The molecule has 4 rings (SSSR count). The van der Waals surface area contributed by atoms with Gasteiger partial charge in [0.15, 0.2) is 0 Å². The quantitative estimate of drug-likeness (QED) is 0.606. The minimum absolute atomic E-state index is 0.392. The molecule has 0 aliphatic heterocycles. The summed E-state index contributed by atoms with van der Waals surface area (Å²) in [7, 11) is 1.86. The maximum atomic E-state index is 8.98. The van der Waals surface area contributed by atoms with Crippen LogP contribution >= 0.6 is 0 Å². The van der Waals surface area contributed by atoms with E-state index in [0.29, 0.717) is 5.69 Å². The van der Waals surface area contributed by atoms with Gasteiger partial charge in [0.05, 0.1) is 17.4 Å². The molecular weight excluding hydrogens is 302 g/mol. The third-order valence-corrected chi connectivity index (χ3v) is 3.67. The first-order valence-corrected chi connectivity index (χ1v) is 7.32. The Bertz CT molecular complexity index is 1070. The minimum atomic E-state index is 0.392. The number of aromatic nitrogens is 5. The van der Waals surface area contributed by atoms with Gasteiger partial charge in [-0.15, -0.1) is 0 Å². The van der Waals surface area contributed by atoms with Crippen molar-refractivity contribution in [2.75, 3.05) is 5.32 Å². The molecular formula is C17H13N7. The first-order valence-electron chi connectivity index (χ1n) is 7.32. The van der Waals surface area contributed by atoms with Crippen LogP contribution in [0.2, 0.25) is 0 Å². The molecule has 116 valence electrons. The number of rotatable bonds is 3. The average Bonchev–Trinajstić information content (AvgIpc) is 3.20. The number of pyridine rings is 2. The van der Waals surface area contributed by atoms with E-state index >= 15 is 0 Å². The maximum absolute atomic E-state index is 8.98. The Morgan fingerprint density at radius 1 is 1.21 bits per heavy atom. The van der Waals surface area contributed by atoms with Crippen LogP contribution in [-0.4, -0.2) is 24.7 Å². The van der Waals surface area contributed by atoms with Crippen molar-refractivity contribution in [3.05, 3.63) is 54.7 Å². The molecule has 0 amide bonds.